The maximum Gasteiger partial charge on any atom is 0.220 e. The van der Waals surface area contributed by atoms with E-state index in [1.165, 1.54) is 0 Å². The Morgan fingerprint density at radius 1 is 0.926 bits per heavy atom. The molecule has 0 amide bonds. The first-order valence-electron chi connectivity index (χ1n) is 8.33. The summed E-state index contributed by atoms with van der Waals surface area (Å²) >= 11 is 0. The molecule has 3 aromatic heterocycles. The third kappa shape index (κ3) is 3.39. The molecule has 3 heterocycles. The van der Waals surface area contributed by atoms with Crippen molar-refractivity contribution in [3.05, 3.63) is 71.7 Å². The van der Waals surface area contributed by atoms with Gasteiger partial charge in [-0.25, -0.2) is 15.0 Å². The number of fused-ring (bicyclic) bond motifs is 1. The molecule has 130 valence electrons. The first kappa shape index (κ1) is 16.5. The number of nitrogens with zero attached hydrogens (tertiary/aromatic N) is 4. The van der Waals surface area contributed by atoms with Crippen molar-refractivity contribution in [3.63, 3.8) is 0 Å². The largest absolute Gasteiger partial charge is 0.384 e. The van der Waals surface area contributed by atoms with E-state index >= 15 is 0 Å². The van der Waals surface area contributed by atoms with Crippen LogP contribution in [0, 0.1) is 18.8 Å². The fourth-order valence-corrected chi connectivity index (χ4v) is 2.78. The summed E-state index contributed by atoms with van der Waals surface area (Å²) in [6.07, 6.45) is 3.40. The number of hydrogen-bond donors (Lipinski definition) is 2. The van der Waals surface area contributed by atoms with Crippen LogP contribution in [0.25, 0.3) is 22.2 Å². The van der Waals surface area contributed by atoms with Crippen molar-refractivity contribution in [1.82, 2.24) is 19.9 Å². The maximum absolute atomic E-state index is 5.89. The van der Waals surface area contributed by atoms with Gasteiger partial charge in [0.25, 0.3) is 0 Å². The minimum Gasteiger partial charge on any atom is -0.384 e. The Labute approximate surface area is 156 Å². The van der Waals surface area contributed by atoms with Gasteiger partial charge >= 0.3 is 0 Å². The highest BCUT2D eigenvalue weighted by molar-refractivity contribution is 5.84. The third-order valence-corrected chi connectivity index (χ3v) is 4.10. The van der Waals surface area contributed by atoms with E-state index in [-0.39, 0.29) is 5.95 Å². The van der Waals surface area contributed by atoms with E-state index in [2.05, 4.69) is 31.8 Å². The first-order valence-corrected chi connectivity index (χ1v) is 8.33. The predicted molar refractivity (Wildman–Crippen MR) is 107 cm³/mol. The van der Waals surface area contributed by atoms with Gasteiger partial charge in [0.05, 0.1) is 22.5 Å². The summed E-state index contributed by atoms with van der Waals surface area (Å²) in [7, 11) is 0. The number of pyridine rings is 2. The average Bonchev–Trinajstić information content (AvgIpc) is 2.68. The average molecular weight is 352 g/mol. The molecule has 0 atom stereocenters. The predicted octanol–water partition coefficient (Wildman–Crippen LogP) is 2.96. The molecule has 27 heavy (non-hydrogen) atoms. The molecule has 6 nitrogen and oxygen atoms in total. The quantitative estimate of drug-likeness (QED) is 0.511. The molecule has 1 aromatic carbocycles. The molecule has 4 N–H and O–H groups in total. The molecule has 0 unspecified atom stereocenters. The van der Waals surface area contributed by atoms with Crippen LogP contribution in [0.3, 0.4) is 0 Å². The highest BCUT2D eigenvalue weighted by Crippen LogP contribution is 2.26. The Bertz CT molecular complexity index is 1200. The van der Waals surface area contributed by atoms with Crippen LogP contribution in [0.1, 0.15) is 16.8 Å². The van der Waals surface area contributed by atoms with Gasteiger partial charge in [0.2, 0.25) is 5.95 Å². The molecule has 0 aliphatic rings. The van der Waals surface area contributed by atoms with Gasteiger partial charge in [0, 0.05) is 28.9 Å². The van der Waals surface area contributed by atoms with Crippen LogP contribution < -0.4 is 11.5 Å². The lowest BCUT2D eigenvalue weighted by atomic mass is 10.0. The van der Waals surface area contributed by atoms with Crippen LogP contribution in [0.5, 0.6) is 0 Å². The van der Waals surface area contributed by atoms with Gasteiger partial charge in [-0.15, -0.1) is 0 Å². The molecule has 0 bridgehead atoms. The van der Waals surface area contributed by atoms with Crippen molar-refractivity contribution in [2.45, 2.75) is 6.92 Å². The van der Waals surface area contributed by atoms with Crippen LogP contribution in [0.15, 0.2) is 54.9 Å². The van der Waals surface area contributed by atoms with E-state index in [1.54, 1.807) is 18.5 Å². The van der Waals surface area contributed by atoms with Gasteiger partial charge in [-0.1, -0.05) is 30.0 Å². The van der Waals surface area contributed by atoms with Crippen LogP contribution in [-0.2, 0) is 0 Å². The highest BCUT2D eigenvalue weighted by Gasteiger charge is 2.12. The molecule has 6 heteroatoms. The normalized spacial score (nSPS) is 10.4. The number of anilines is 2. The van der Waals surface area contributed by atoms with Gasteiger partial charge in [0.1, 0.15) is 5.82 Å². The Kier molecular flexibility index (Phi) is 4.11. The van der Waals surface area contributed by atoms with Crippen molar-refractivity contribution in [1.29, 1.82) is 0 Å². The summed E-state index contributed by atoms with van der Waals surface area (Å²) in [4.78, 5) is 17.2. The van der Waals surface area contributed by atoms with Gasteiger partial charge in [-0.2, -0.15) is 0 Å². The van der Waals surface area contributed by atoms with E-state index in [1.807, 2.05) is 43.3 Å². The molecule has 0 aliphatic carbocycles. The van der Waals surface area contributed by atoms with E-state index in [4.69, 9.17) is 11.5 Å². The molecule has 0 fully saturated rings. The molecule has 4 rings (SSSR count). The second-order valence-corrected chi connectivity index (χ2v) is 6.02. The van der Waals surface area contributed by atoms with E-state index in [9.17, 15) is 0 Å². The van der Waals surface area contributed by atoms with E-state index < -0.39 is 0 Å². The highest BCUT2D eigenvalue weighted by atomic mass is 15.0. The Balaban J connectivity index is 1.86. The smallest absolute Gasteiger partial charge is 0.220 e. The fraction of sp³-hybridized carbons (Fsp3) is 0.0476. The lowest BCUT2D eigenvalue weighted by molar-refractivity contribution is 1.11. The molecular formula is C21H16N6. The van der Waals surface area contributed by atoms with Gasteiger partial charge < -0.3 is 11.5 Å². The van der Waals surface area contributed by atoms with Crippen LogP contribution >= 0.6 is 0 Å². The number of hydrogen-bond acceptors (Lipinski definition) is 6. The van der Waals surface area contributed by atoms with Gasteiger partial charge in [0.15, 0.2) is 0 Å². The summed E-state index contributed by atoms with van der Waals surface area (Å²) in [6.45, 7) is 1.87. The topological polar surface area (TPSA) is 104 Å². The van der Waals surface area contributed by atoms with Crippen molar-refractivity contribution < 1.29 is 0 Å². The summed E-state index contributed by atoms with van der Waals surface area (Å²) in [6, 6.07) is 13.4. The molecule has 0 radical (unpaired) electrons. The number of nitrogen functional groups attached to an aromatic ring is 2. The maximum atomic E-state index is 5.89. The molecule has 0 saturated carbocycles. The summed E-state index contributed by atoms with van der Waals surface area (Å²) in [5, 5.41) is 1.06. The van der Waals surface area contributed by atoms with Crippen LogP contribution in [-0.4, -0.2) is 19.9 Å². The lowest BCUT2D eigenvalue weighted by Crippen LogP contribution is -2.03. The monoisotopic (exact) mass is 352 g/mol. The molecular weight excluding hydrogens is 336 g/mol. The van der Waals surface area contributed by atoms with Crippen molar-refractivity contribution >= 4 is 22.7 Å². The fourth-order valence-electron chi connectivity index (χ4n) is 2.78. The molecule has 4 aromatic rings. The zero-order valence-electron chi connectivity index (χ0n) is 14.6. The molecule has 0 aliphatic heterocycles. The first-order chi connectivity index (χ1) is 13.1. The van der Waals surface area contributed by atoms with Crippen molar-refractivity contribution in [2.24, 2.45) is 0 Å². The summed E-state index contributed by atoms with van der Waals surface area (Å²) in [5.41, 5.74) is 16.2. The second-order valence-electron chi connectivity index (χ2n) is 6.02. The summed E-state index contributed by atoms with van der Waals surface area (Å²) < 4.78 is 0. The van der Waals surface area contributed by atoms with Gasteiger partial charge in [-0.05, 0) is 31.2 Å². The Morgan fingerprint density at radius 3 is 2.63 bits per heavy atom. The molecule has 0 spiro atoms. The SMILES string of the molecule is Cc1nc(N)nc(-c2ccc3cccnc3c2)c1C#Cc1ccc(N)nc1. The lowest BCUT2D eigenvalue weighted by Gasteiger charge is -2.08. The van der Waals surface area contributed by atoms with Crippen LogP contribution in [0.4, 0.5) is 11.8 Å². The minimum atomic E-state index is 0.211. The van der Waals surface area contributed by atoms with E-state index in [0.29, 0.717) is 11.5 Å². The number of nitrogens with two attached hydrogens (primary N) is 2. The molecule has 0 saturated heterocycles. The van der Waals surface area contributed by atoms with Crippen molar-refractivity contribution in [3.8, 4) is 23.1 Å². The zero-order valence-corrected chi connectivity index (χ0v) is 14.6. The minimum absolute atomic E-state index is 0.211. The van der Waals surface area contributed by atoms with E-state index in [0.717, 1.165) is 33.3 Å². The number of rotatable bonds is 1. The number of aryl methyl sites for hydroxylation is 1. The summed E-state index contributed by atoms with van der Waals surface area (Å²) in [5.74, 6) is 6.92. The van der Waals surface area contributed by atoms with Crippen molar-refractivity contribution in [2.75, 3.05) is 11.5 Å². The standard InChI is InChI=1S/C21H16N6/c1-13-17(8-4-14-5-9-19(22)25-12-14)20(27-21(23)26-13)16-7-6-15-3-2-10-24-18(15)11-16/h2-3,5-7,9-12H,1H3,(H2,22,25)(H2,23,26,27). The number of benzene rings is 1. The Morgan fingerprint density at radius 2 is 1.81 bits per heavy atom. The van der Waals surface area contributed by atoms with Crippen LogP contribution in [0.2, 0.25) is 0 Å². The van der Waals surface area contributed by atoms with Gasteiger partial charge in [-0.3, -0.25) is 4.98 Å². The Hall–Kier alpha value is -3.98. The zero-order chi connectivity index (χ0) is 18.8. The second kappa shape index (κ2) is 6.73. The third-order valence-electron chi connectivity index (χ3n) is 4.10. The number of aromatic nitrogens is 4.